The van der Waals surface area contributed by atoms with Gasteiger partial charge < -0.3 is 16.0 Å². The molecule has 0 aliphatic heterocycles. The second kappa shape index (κ2) is 7.62. The molecule has 106 valence electrons. The van der Waals surface area contributed by atoms with Gasteiger partial charge in [-0.3, -0.25) is 4.99 Å². The van der Waals surface area contributed by atoms with Crippen molar-refractivity contribution in [3.8, 4) is 0 Å². The van der Waals surface area contributed by atoms with Crippen LogP contribution >= 0.6 is 0 Å². The van der Waals surface area contributed by atoms with E-state index in [-0.39, 0.29) is 0 Å². The Hall–Kier alpha value is -0.770. The topological polar surface area (TPSA) is 48.5 Å². The molecule has 0 aromatic rings. The Kier molecular flexibility index (Phi) is 6.47. The van der Waals surface area contributed by atoms with Crippen LogP contribution in [0, 0.1) is 0 Å². The Morgan fingerprint density at radius 3 is 1.94 bits per heavy atom. The first kappa shape index (κ1) is 15.3. The summed E-state index contributed by atoms with van der Waals surface area (Å²) < 4.78 is 0. The number of guanidine groups is 1. The van der Waals surface area contributed by atoms with E-state index in [1.54, 1.807) is 0 Å². The van der Waals surface area contributed by atoms with Crippen molar-refractivity contribution in [2.45, 2.75) is 77.5 Å². The van der Waals surface area contributed by atoms with Crippen molar-refractivity contribution in [3.05, 3.63) is 0 Å². The number of aliphatic imine (C=N–C) groups is 1. The first-order chi connectivity index (χ1) is 8.51. The highest BCUT2D eigenvalue weighted by atomic mass is 15.2. The SMILES string of the molecule is CN=C(NC(C)C)NC1CCC(NC(C)C)CC1. The lowest BCUT2D eigenvalue weighted by Gasteiger charge is -2.32. The fraction of sp³-hybridized carbons (Fsp3) is 0.929. The molecule has 0 aromatic heterocycles. The smallest absolute Gasteiger partial charge is 0.191 e. The molecular weight excluding hydrogens is 224 g/mol. The fourth-order valence-corrected chi connectivity index (χ4v) is 2.51. The van der Waals surface area contributed by atoms with Gasteiger partial charge in [-0.25, -0.2) is 0 Å². The summed E-state index contributed by atoms with van der Waals surface area (Å²) in [5.74, 6) is 0.935. The molecule has 1 aliphatic rings. The molecule has 1 saturated carbocycles. The van der Waals surface area contributed by atoms with Gasteiger partial charge in [0.2, 0.25) is 0 Å². The minimum absolute atomic E-state index is 0.426. The molecule has 0 bridgehead atoms. The zero-order chi connectivity index (χ0) is 13.5. The predicted molar refractivity (Wildman–Crippen MR) is 79.1 cm³/mol. The average Bonchev–Trinajstić information content (AvgIpc) is 2.29. The maximum atomic E-state index is 4.27. The summed E-state index contributed by atoms with van der Waals surface area (Å²) in [5.41, 5.74) is 0. The summed E-state index contributed by atoms with van der Waals surface area (Å²) in [5, 5.41) is 10.5. The predicted octanol–water partition coefficient (Wildman–Crippen LogP) is 1.87. The molecule has 0 heterocycles. The third kappa shape index (κ3) is 5.71. The van der Waals surface area contributed by atoms with Crippen LogP contribution in [0.3, 0.4) is 0 Å². The second-order valence-corrected chi connectivity index (χ2v) is 5.89. The monoisotopic (exact) mass is 254 g/mol. The van der Waals surface area contributed by atoms with Gasteiger partial charge in [0.25, 0.3) is 0 Å². The summed E-state index contributed by atoms with van der Waals surface area (Å²) in [6.07, 6.45) is 4.97. The van der Waals surface area contributed by atoms with Gasteiger partial charge in [-0.15, -0.1) is 0 Å². The molecular formula is C14H30N4. The van der Waals surface area contributed by atoms with Crippen molar-refractivity contribution in [2.24, 2.45) is 4.99 Å². The lowest BCUT2D eigenvalue weighted by atomic mass is 9.91. The number of hydrogen-bond acceptors (Lipinski definition) is 2. The van der Waals surface area contributed by atoms with Gasteiger partial charge in [-0.2, -0.15) is 0 Å². The van der Waals surface area contributed by atoms with E-state index in [1.807, 2.05) is 7.05 Å². The number of nitrogens with zero attached hydrogens (tertiary/aromatic N) is 1. The molecule has 0 atom stereocenters. The highest BCUT2D eigenvalue weighted by Gasteiger charge is 2.21. The molecule has 1 rings (SSSR count). The zero-order valence-electron chi connectivity index (χ0n) is 12.6. The Morgan fingerprint density at radius 2 is 1.50 bits per heavy atom. The van der Waals surface area contributed by atoms with Crippen LogP contribution in [0.25, 0.3) is 0 Å². The van der Waals surface area contributed by atoms with Crippen molar-refractivity contribution in [1.29, 1.82) is 0 Å². The van der Waals surface area contributed by atoms with Crippen LogP contribution in [-0.2, 0) is 0 Å². The number of rotatable bonds is 4. The molecule has 4 nitrogen and oxygen atoms in total. The first-order valence-electron chi connectivity index (χ1n) is 7.27. The second-order valence-electron chi connectivity index (χ2n) is 5.89. The van der Waals surface area contributed by atoms with Gasteiger partial charge in [0.15, 0.2) is 5.96 Å². The molecule has 1 aliphatic carbocycles. The van der Waals surface area contributed by atoms with Crippen LogP contribution in [0.2, 0.25) is 0 Å². The quantitative estimate of drug-likeness (QED) is 0.530. The maximum Gasteiger partial charge on any atom is 0.191 e. The minimum Gasteiger partial charge on any atom is -0.354 e. The van der Waals surface area contributed by atoms with Crippen LogP contribution in [0.1, 0.15) is 53.4 Å². The van der Waals surface area contributed by atoms with E-state index in [0.717, 1.165) is 5.96 Å². The van der Waals surface area contributed by atoms with E-state index in [1.165, 1.54) is 25.7 Å². The van der Waals surface area contributed by atoms with Gasteiger partial charge in [0, 0.05) is 31.2 Å². The van der Waals surface area contributed by atoms with Crippen molar-refractivity contribution in [2.75, 3.05) is 7.05 Å². The van der Waals surface area contributed by atoms with Crippen LogP contribution in [0.5, 0.6) is 0 Å². The van der Waals surface area contributed by atoms with E-state index < -0.39 is 0 Å². The van der Waals surface area contributed by atoms with E-state index in [4.69, 9.17) is 0 Å². The Morgan fingerprint density at radius 1 is 0.944 bits per heavy atom. The largest absolute Gasteiger partial charge is 0.354 e. The number of nitrogens with one attached hydrogen (secondary N) is 3. The minimum atomic E-state index is 0.426. The van der Waals surface area contributed by atoms with Gasteiger partial charge in [0.05, 0.1) is 0 Å². The van der Waals surface area contributed by atoms with Crippen molar-refractivity contribution in [3.63, 3.8) is 0 Å². The number of hydrogen-bond donors (Lipinski definition) is 3. The molecule has 4 heteroatoms. The van der Waals surface area contributed by atoms with Crippen LogP contribution in [-0.4, -0.2) is 37.2 Å². The van der Waals surface area contributed by atoms with Gasteiger partial charge in [-0.05, 0) is 39.5 Å². The molecule has 0 amide bonds. The van der Waals surface area contributed by atoms with Gasteiger partial charge in [-0.1, -0.05) is 13.8 Å². The molecule has 3 N–H and O–H groups in total. The molecule has 18 heavy (non-hydrogen) atoms. The van der Waals surface area contributed by atoms with E-state index in [0.29, 0.717) is 24.2 Å². The third-order valence-electron chi connectivity index (χ3n) is 3.29. The van der Waals surface area contributed by atoms with E-state index in [9.17, 15) is 0 Å². The van der Waals surface area contributed by atoms with Crippen LogP contribution in [0.4, 0.5) is 0 Å². The summed E-state index contributed by atoms with van der Waals surface area (Å²) in [7, 11) is 1.84. The molecule has 0 unspecified atom stereocenters. The van der Waals surface area contributed by atoms with Crippen LogP contribution < -0.4 is 16.0 Å². The molecule has 0 spiro atoms. The third-order valence-corrected chi connectivity index (χ3v) is 3.29. The van der Waals surface area contributed by atoms with Crippen LogP contribution in [0.15, 0.2) is 4.99 Å². The highest BCUT2D eigenvalue weighted by molar-refractivity contribution is 5.80. The normalized spacial score (nSPS) is 25.6. The Labute approximate surface area is 112 Å². The fourth-order valence-electron chi connectivity index (χ4n) is 2.51. The molecule has 0 saturated heterocycles. The highest BCUT2D eigenvalue weighted by Crippen LogP contribution is 2.19. The van der Waals surface area contributed by atoms with Crippen molar-refractivity contribution < 1.29 is 0 Å². The molecule has 0 radical (unpaired) electrons. The summed E-state index contributed by atoms with van der Waals surface area (Å²) in [6, 6.07) is 2.29. The average molecular weight is 254 g/mol. The van der Waals surface area contributed by atoms with Crippen molar-refractivity contribution >= 4 is 5.96 Å². The van der Waals surface area contributed by atoms with E-state index in [2.05, 4.69) is 48.6 Å². The van der Waals surface area contributed by atoms with Gasteiger partial charge in [0.1, 0.15) is 0 Å². The summed E-state index contributed by atoms with van der Waals surface area (Å²) >= 11 is 0. The zero-order valence-corrected chi connectivity index (χ0v) is 12.6. The van der Waals surface area contributed by atoms with E-state index >= 15 is 0 Å². The molecule has 1 fully saturated rings. The standard InChI is InChI=1S/C14H30N4/c1-10(2)16-12-6-8-13(9-7-12)18-14(15-5)17-11(3)4/h10-13,16H,6-9H2,1-5H3,(H2,15,17,18). The lowest BCUT2D eigenvalue weighted by molar-refractivity contribution is 0.312. The maximum absolute atomic E-state index is 4.27. The summed E-state index contributed by atoms with van der Waals surface area (Å²) in [4.78, 5) is 4.27. The van der Waals surface area contributed by atoms with Gasteiger partial charge >= 0.3 is 0 Å². The molecule has 0 aromatic carbocycles. The summed E-state index contributed by atoms with van der Waals surface area (Å²) in [6.45, 7) is 8.71. The lowest BCUT2D eigenvalue weighted by Crippen LogP contribution is -2.49. The first-order valence-corrected chi connectivity index (χ1v) is 7.27. The Balaban J connectivity index is 2.30. The van der Waals surface area contributed by atoms with Crippen molar-refractivity contribution in [1.82, 2.24) is 16.0 Å². The Bertz CT molecular complexity index is 253.